The van der Waals surface area contributed by atoms with Crippen molar-refractivity contribution < 1.29 is 4.74 Å². The predicted octanol–water partition coefficient (Wildman–Crippen LogP) is 3.32. The van der Waals surface area contributed by atoms with E-state index >= 15 is 0 Å². The van der Waals surface area contributed by atoms with Gasteiger partial charge in [-0.15, -0.1) is 0 Å². The molecule has 0 aliphatic carbocycles. The minimum absolute atomic E-state index is 0.282. The monoisotopic (exact) mass is 278 g/mol. The Bertz CT molecular complexity index is 398. The molecule has 1 aromatic carbocycles. The first-order chi connectivity index (χ1) is 9.37. The van der Waals surface area contributed by atoms with Crippen LogP contribution in [-0.2, 0) is 0 Å². The van der Waals surface area contributed by atoms with Gasteiger partial charge >= 0.3 is 0 Å². The normalized spacial score (nSPS) is 13.6. The standard InChI is InChI=1S/C17H30N2O/c1-7-20-16-11-9-8-10-14(16)15(18-5)12-19(6)13-17(2,3)4/h8-11,15,18H,7,12-13H2,1-6H3. The number of para-hydroxylation sites is 1. The van der Waals surface area contributed by atoms with Gasteiger partial charge in [0.15, 0.2) is 0 Å². The van der Waals surface area contributed by atoms with Crippen LogP contribution in [0.15, 0.2) is 24.3 Å². The first kappa shape index (κ1) is 17.0. The zero-order valence-corrected chi connectivity index (χ0v) is 13.9. The van der Waals surface area contributed by atoms with Gasteiger partial charge in [-0.1, -0.05) is 39.0 Å². The lowest BCUT2D eigenvalue weighted by molar-refractivity contribution is 0.208. The molecule has 0 spiro atoms. The summed E-state index contributed by atoms with van der Waals surface area (Å²) in [5, 5.41) is 3.41. The maximum absolute atomic E-state index is 5.74. The smallest absolute Gasteiger partial charge is 0.124 e. The number of likely N-dealkylation sites (N-methyl/N-ethyl adjacent to an activating group) is 2. The Morgan fingerprint density at radius 2 is 1.90 bits per heavy atom. The van der Waals surface area contributed by atoms with Crippen molar-refractivity contribution in [2.75, 3.05) is 33.8 Å². The Balaban J connectivity index is 2.80. The first-order valence-electron chi connectivity index (χ1n) is 7.45. The van der Waals surface area contributed by atoms with Gasteiger partial charge in [0.2, 0.25) is 0 Å². The molecule has 3 nitrogen and oxygen atoms in total. The molecule has 0 amide bonds. The van der Waals surface area contributed by atoms with E-state index in [1.54, 1.807) is 0 Å². The fourth-order valence-electron chi connectivity index (χ4n) is 2.59. The average molecular weight is 278 g/mol. The number of nitrogens with zero attached hydrogens (tertiary/aromatic N) is 1. The van der Waals surface area contributed by atoms with Gasteiger partial charge in [0, 0.05) is 24.7 Å². The third-order valence-electron chi connectivity index (χ3n) is 3.18. The molecule has 3 heteroatoms. The second-order valence-corrected chi connectivity index (χ2v) is 6.57. The lowest BCUT2D eigenvalue weighted by Crippen LogP contribution is -2.36. The van der Waals surface area contributed by atoms with Crippen LogP contribution < -0.4 is 10.1 Å². The fraction of sp³-hybridized carbons (Fsp3) is 0.647. The summed E-state index contributed by atoms with van der Waals surface area (Å²) in [5.74, 6) is 0.985. The van der Waals surface area contributed by atoms with Crippen molar-refractivity contribution in [1.82, 2.24) is 10.2 Å². The van der Waals surface area contributed by atoms with E-state index in [4.69, 9.17) is 4.74 Å². The number of ether oxygens (including phenoxy) is 1. The van der Waals surface area contributed by atoms with Crippen molar-refractivity contribution in [2.45, 2.75) is 33.7 Å². The average Bonchev–Trinajstić information content (AvgIpc) is 2.35. The number of benzene rings is 1. The van der Waals surface area contributed by atoms with Crippen LogP contribution in [0.4, 0.5) is 0 Å². The van der Waals surface area contributed by atoms with Crippen molar-refractivity contribution in [2.24, 2.45) is 5.41 Å². The molecule has 0 radical (unpaired) electrons. The Labute approximate surface area is 124 Å². The summed E-state index contributed by atoms with van der Waals surface area (Å²) in [5.41, 5.74) is 1.55. The SMILES string of the molecule is CCOc1ccccc1C(CN(C)CC(C)(C)C)NC. The molecule has 0 heterocycles. The van der Waals surface area contributed by atoms with Crippen LogP contribution in [-0.4, -0.2) is 38.7 Å². The molecule has 0 aliphatic heterocycles. The molecule has 0 aromatic heterocycles. The molecule has 0 fully saturated rings. The van der Waals surface area contributed by atoms with Gasteiger partial charge in [-0.25, -0.2) is 0 Å². The Kier molecular flexibility index (Phi) is 6.50. The highest BCUT2D eigenvalue weighted by Gasteiger charge is 2.19. The zero-order valence-electron chi connectivity index (χ0n) is 13.9. The second-order valence-electron chi connectivity index (χ2n) is 6.57. The van der Waals surface area contributed by atoms with Gasteiger partial charge in [0.25, 0.3) is 0 Å². The summed E-state index contributed by atoms with van der Waals surface area (Å²) in [4.78, 5) is 2.38. The lowest BCUT2D eigenvalue weighted by Gasteiger charge is -2.30. The van der Waals surface area contributed by atoms with Gasteiger partial charge in [0.05, 0.1) is 6.61 Å². The largest absolute Gasteiger partial charge is 0.494 e. The van der Waals surface area contributed by atoms with Gasteiger partial charge in [-0.05, 0) is 32.5 Å². The molecule has 20 heavy (non-hydrogen) atoms. The molecule has 114 valence electrons. The molecule has 1 N–H and O–H groups in total. The highest BCUT2D eigenvalue weighted by atomic mass is 16.5. The van der Waals surface area contributed by atoms with Crippen LogP contribution in [0, 0.1) is 5.41 Å². The number of rotatable bonds is 7. The van der Waals surface area contributed by atoms with Crippen LogP contribution >= 0.6 is 0 Å². The van der Waals surface area contributed by atoms with Crippen molar-refractivity contribution in [3.8, 4) is 5.75 Å². The molecular formula is C17H30N2O. The van der Waals surface area contributed by atoms with Crippen LogP contribution in [0.1, 0.15) is 39.3 Å². The molecule has 0 saturated carbocycles. The zero-order chi connectivity index (χ0) is 15.2. The predicted molar refractivity (Wildman–Crippen MR) is 86.4 cm³/mol. The molecule has 0 bridgehead atoms. The van der Waals surface area contributed by atoms with Crippen LogP contribution in [0.5, 0.6) is 5.75 Å². The van der Waals surface area contributed by atoms with E-state index in [9.17, 15) is 0 Å². The van der Waals surface area contributed by atoms with E-state index < -0.39 is 0 Å². The molecule has 1 rings (SSSR count). The lowest BCUT2D eigenvalue weighted by atomic mass is 9.95. The molecular weight excluding hydrogens is 248 g/mol. The summed E-state index contributed by atoms with van der Waals surface area (Å²) in [6, 6.07) is 8.58. The summed E-state index contributed by atoms with van der Waals surface area (Å²) in [7, 11) is 4.19. The number of hydrogen-bond acceptors (Lipinski definition) is 3. The van der Waals surface area contributed by atoms with Gasteiger partial charge in [0.1, 0.15) is 5.75 Å². The summed E-state index contributed by atoms with van der Waals surface area (Å²) < 4.78 is 5.74. The molecule has 1 unspecified atom stereocenters. The number of hydrogen-bond donors (Lipinski definition) is 1. The van der Waals surface area contributed by atoms with E-state index in [1.165, 1.54) is 5.56 Å². The van der Waals surface area contributed by atoms with E-state index in [0.717, 1.165) is 18.8 Å². The van der Waals surface area contributed by atoms with Crippen molar-refractivity contribution in [1.29, 1.82) is 0 Å². The van der Waals surface area contributed by atoms with Crippen molar-refractivity contribution in [3.63, 3.8) is 0 Å². The molecule has 1 atom stereocenters. The second kappa shape index (κ2) is 7.65. The first-order valence-corrected chi connectivity index (χ1v) is 7.45. The third kappa shape index (κ3) is 5.51. The van der Waals surface area contributed by atoms with E-state index in [2.05, 4.69) is 50.2 Å². The highest BCUT2D eigenvalue weighted by Crippen LogP contribution is 2.26. The van der Waals surface area contributed by atoms with Crippen LogP contribution in [0.3, 0.4) is 0 Å². The van der Waals surface area contributed by atoms with E-state index in [1.807, 2.05) is 26.1 Å². The molecule has 0 saturated heterocycles. The molecule has 0 aliphatic rings. The van der Waals surface area contributed by atoms with E-state index in [-0.39, 0.29) is 6.04 Å². The quantitative estimate of drug-likeness (QED) is 0.828. The fourth-order valence-corrected chi connectivity index (χ4v) is 2.59. The van der Waals surface area contributed by atoms with Crippen molar-refractivity contribution in [3.05, 3.63) is 29.8 Å². The molecule has 1 aromatic rings. The Morgan fingerprint density at radius 3 is 2.45 bits per heavy atom. The van der Waals surface area contributed by atoms with Gasteiger partial charge < -0.3 is 15.0 Å². The minimum atomic E-state index is 0.282. The van der Waals surface area contributed by atoms with E-state index in [0.29, 0.717) is 12.0 Å². The van der Waals surface area contributed by atoms with Crippen molar-refractivity contribution >= 4 is 0 Å². The van der Waals surface area contributed by atoms with Gasteiger partial charge in [-0.3, -0.25) is 0 Å². The van der Waals surface area contributed by atoms with Crippen LogP contribution in [0.2, 0.25) is 0 Å². The van der Waals surface area contributed by atoms with Gasteiger partial charge in [-0.2, -0.15) is 0 Å². The summed E-state index contributed by atoms with van der Waals surface area (Å²) in [6.45, 7) is 11.6. The topological polar surface area (TPSA) is 24.5 Å². The maximum atomic E-state index is 5.74. The maximum Gasteiger partial charge on any atom is 0.124 e. The third-order valence-corrected chi connectivity index (χ3v) is 3.18. The number of nitrogens with one attached hydrogen (secondary N) is 1. The summed E-state index contributed by atoms with van der Waals surface area (Å²) in [6.07, 6.45) is 0. The summed E-state index contributed by atoms with van der Waals surface area (Å²) >= 11 is 0. The highest BCUT2D eigenvalue weighted by molar-refractivity contribution is 5.36. The minimum Gasteiger partial charge on any atom is -0.494 e. The Hall–Kier alpha value is -1.06. The Morgan fingerprint density at radius 1 is 1.25 bits per heavy atom. The van der Waals surface area contributed by atoms with Crippen LogP contribution in [0.25, 0.3) is 0 Å².